The van der Waals surface area contributed by atoms with Gasteiger partial charge in [-0.3, -0.25) is 0 Å². The fourth-order valence-electron chi connectivity index (χ4n) is 1.51. The van der Waals surface area contributed by atoms with Crippen LogP contribution in [0.2, 0.25) is 0 Å². The molecule has 0 heterocycles. The van der Waals surface area contributed by atoms with Gasteiger partial charge in [0.1, 0.15) is 0 Å². The molecule has 0 spiro atoms. The highest BCUT2D eigenvalue weighted by molar-refractivity contribution is 5.75. The smallest absolute Gasteiger partial charge is 0.339 e. The van der Waals surface area contributed by atoms with Gasteiger partial charge in [-0.15, -0.1) is 0 Å². The fraction of sp³-hybridized carbons (Fsp3) is 0.462. The van der Waals surface area contributed by atoms with Gasteiger partial charge < -0.3 is 20.3 Å². The minimum atomic E-state index is -1.41. The highest BCUT2D eigenvalue weighted by atomic mass is 16.7. The summed E-state index contributed by atoms with van der Waals surface area (Å²) in [6.45, 7) is 3.80. The lowest BCUT2D eigenvalue weighted by Crippen LogP contribution is -2.36. The molecule has 0 aliphatic heterocycles. The number of carbonyl (C=O) groups excluding carboxylic acids is 1. The van der Waals surface area contributed by atoms with E-state index in [-0.39, 0.29) is 0 Å². The van der Waals surface area contributed by atoms with Crippen molar-refractivity contribution < 1.29 is 19.4 Å². The van der Waals surface area contributed by atoms with Crippen LogP contribution in [0, 0.1) is 0 Å². The van der Waals surface area contributed by atoms with Gasteiger partial charge in [-0.2, -0.15) is 0 Å². The monoisotopic (exact) mass is 253 g/mol. The van der Waals surface area contributed by atoms with Gasteiger partial charge >= 0.3 is 5.97 Å². The maximum Gasteiger partial charge on any atom is 0.339 e. The molecule has 0 radical (unpaired) electrons. The largest absolute Gasteiger partial charge is 0.434 e. The van der Waals surface area contributed by atoms with Gasteiger partial charge in [0.2, 0.25) is 0 Å². The number of aliphatic hydroxyl groups excluding tert-OH is 1. The second-order valence-electron chi connectivity index (χ2n) is 3.84. The Labute approximate surface area is 107 Å². The number of esters is 1. The molecule has 0 amide bonds. The average molecular weight is 253 g/mol. The first-order valence-electron chi connectivity index (χ1n) is 5.87. The third kappa shape index (κ3) is 4.10. The SMILES string of the molecule is CCOC(C)OC(=O)C(O)C(N)c1ccccc1. The summed E-state index contributed by atoms with van der Waals surface area (Å²) >= 11 is 0. The summed E-state index contributed by atoms with van der Waals surface area (Å²) in [5, 5.41) is 9.80. The van der Waals surface area contributed by atoms with Crippen molar-refractivity contribution in [2.75, 3.05) is 6.61 Å². The van der Waals surface area contributed by atoms with Crippen molar-refractivity contribution in [2.24, 2.45) is 5.73 Å². The third-order valence-corrected chi connectivity index (χ3v) is 2.45. The van der Waals surface area contributed by atoms with Crippen molar-refractivity contribution in [3.8, 4) is 0 Å². The minimum absolute atomic E-state index is 0.426. The molecule has 0 fully saturated rings. The Bertz CT molecular complexity index is 369. The summed E-state index contributed by atoms with van der Waals surface area (Å²) in [6.07, 6.45) is -2.10. The molecule has 5 heteroatoms. The van der Waals surface area contributed by atoms with Crippen LogP contribution in [0.4, 0.5) is 0 Å². The molecule has 0 bridgehead atoms. The Hall–Kier alpha value is -1.43. The summed E-state index contributed by atoms with van der Waals surface area (Å²) in [6, 6.07) is 8.08. The normalized spacial score (nSPS) is 15.8. The number of benzene rings is 1. The van der Waals surface area contributed by atoms with E-state index in [0.29, 0.717) is 12.2 Å². The van der Waals surface area contributed by atoms with E-state index in [9.17, 15) is 9.90 Å². The minimum Gasteiger partial charge on any atom is -0.434 e. The molecular formula is C13H19NO4. The molecule has 3 unspecified atom stereocenters. The van der Waals surface area contributed by atoms with Crippen molar-refractivity contribution >= 4 is 5.97 Å². The van der Waals surface area contributed by atoms with Crippen molar-refractivity contribution in [1.29, 1.82) is 0 Å². The van der Waals surface area contributed by atoms with Crippen LogP contribution in [-0.2, 0) is 14.3 Å². The van der Waals surface area contributed by atoms with Crippen molar-refractivity contribution in [2.45, 2.75) is 32.3 Å². The number of hydrogen-bond donors (Lipinski definition) is 2. The lowest BCUT2D eigenvalue weighted by atomic mass is 10.0. The molecule has 0 aromatic heterocycles. The highest BCUT2D eigenvalue weighted by Gasteiger charge is 2.27. The summed E-state index contributed by atoms with van der Waals surface area (Å²) in [4.78, 5) is 11.6. The van der Waals surface area contributed by atoms with Crippen molar-refractivity contribution in [3.05, 3.63) is 35.9 Å². The lowest BCUT2D eigenvalue weighted by Gasteiger charge is -2.20. The van der Waals surface area contributed by atoms with Gasteiger partial charge in [-0.25, -0.2) is 4.79 Å². The van der Waals surface area contributed by atoms with E-state index >= 15 is 0 Å². The Balaban J connectivity index is 2.58. The van der Waals surface area contributed by atoms with E-state index in [2.05, 4.69) is 0 Å². The van der Waals surface area contributed by atoms with E-state index < -0.39 is 24.4 Å². The number of aliphatic hydroxyl groups is 1. The molecule has 0 aliphatic rings. The molecule has 0 saturated heterocycles. The van der Waals surface area contributed by atoms with Crippen LogP contribution in [0.3, 0.4) is 0 Å². The maximum absolute atomic E-state index is 11.6. The van der Waals surface area contributed by atoms with Crippen LogP contribution >= 0.6 is 0 Å². The maximum atomic E-state index is 11.6. The number of rotatable bonds is 6. The number of hydrogen-bond acceptors (Lipinski definition) is 5. The zero-order valence-corrected chi connectivity index (χ0v) is 10.6. The Kier molecular flexibility index (Phi) is 5.77. The van der Waals surface area contributed by atoms with E-state index in [1.54, 1.807) is 38.1 Å². The van der Waals surface area contributed by atoms with Gasteiger partial charge in [0.05, 0.1) is 6.04 Å². The predicted molar refractivity (Wildman–Crippen MR) is 66.6 cm³/mol. The van der Waals surface area contributed by atoms with Gasteiger partial charge in [0, 0.05) is 6.61 Å². The Morgan fingerprint density at radius 2 is 2.00 bits per heavy atom. The van der Waals surface area contributed by atoms with Crippen LogP contribution < -0.4 is 5.73 Å². The molecule has 1 aromatic rings. The van der Waals surface area contributed by atoms with Gasteiger partial charge in [0.15, 0.2) is 12.4 Å². The molecule has 3 atom stereocenters. The van der Waals surface area contributed by atoms with E-state index in [0.717, 1.165) is 0 Å². The molecule has 5 nitrogen and oxygen atoms in total. The molecule has 3 N–H and O–H groups in total. The number of carbonyl (C=O) groups is 1. The summed E-state index contributed by atoms with van der Waals surface area (Å²) in [7, 11) is 0. The number of ether oxygens (including phenoxy) is 2. The van der Waals surface area contributed by atoms with Crippen LogP contribution in [0.25, 0.3) is 0 Å². The van der Waals surface area contributed by atoms with Crippen LogP contribution in [0.1, 0.15) is 25.5 Å². The van der Waals surface area contributed by atoms with Crippen LogP contribution in [0.5, 0.6) is 0 Å². The predicted octanol–water partition coefficient (Wildman–Crippen LogP) is 0.973. The summed E-state index contributed by atoms with van der Waals surface area (Å²) < 4.78 is 9.96. The highest BCUT2D eigenvalue weighted by Crippen LogP contribution is 2.15. The first kappa shape index (κ1) is 14.6. The van der Waals surface area contributed by atoms with Gasteiger partial charge in [0.25, 0.3) is 0 Å². The lowest BCUT2D eigenvalue weighted by molar-refractivity contribution is -0.184. The van der Waals surface area contributed by atoms with Crippen molar-refractivity contribution in [1.82, 2.24) is 0 Å². The van der Waals surface area contributed by atoms with Gasteiger partial charge in [-0.1, -0.05) is 30.3 Å². The quantitative estimate of drug-likeness (QED) is 0.583. The molecule has 1 aromatic carbocycles. The van der Waals surface area contributed by atoms with Crippen LogP contribution in [0.15, 0.2) is 30.3 Å². The molecule has 18 heavy (non-hydrogen) atoms. The molecule has 1 rings (SSSR count). The number of nitrogens with two attached hydrogens (primary N) is 1. The molecular weight excluding hydrogens is 234 g/mol. The first-order valence-corrected chi connectivity index (χ1v) is 5.87. The second-order valence-corrected chi connectivity index (χ2v) is 3.84. The fourth-order valence-corrected chi connectivity index (χ4v) is 1.51. The van der Waals surface area contributed by atoms with Gasteiger partial charge in [-0.05, 0) is 19.4 Å². The Morgan fingerprint density at radius 1 is 1.39 bits per heavy atom. The van der Waals surface area contributed by atoms with E-state index in [1.807, 2.05) is 6.07 Å². The Morgan fingerprint density at radius 3 is 2.56 bits per heavy atom. The zero-order chi connectivity index (χ0) is 13.5. The summed E-state index contributed by atoms with van der Waals surface area (Å²) in [5.41, 5.74) is 6.47. The molecule has 0 saturated carbocycles. The van der Waals surface area contributed by atoms with E-state index in [1.165, 1.54) is 0 Å². The average Bonchev–Trinajstić information content (AvgIpc) is 2.38. The second kappa shape index (κ2) is 7.10. The zero-order valence-electron chi connectivity index (χ0n) is 10.6. The van der Waals surface area contributed by atoms with E-state index in [4.69, 9.17) is 15.2 Å². The topological polar surface area (TPSA) is 81.8 Å². The molecule has 100 valence electrons. The first-order chi connectivity index (χ1) is 8.56. The summed E-state index contributed by atoms with van der Waals surface area (Å²) in [5.74, 6) is -0.785. The standard InChI is InChI=1S/C13H19NO4/c1-3-17-9(2)18-13(16)12(15)11(14)10-7-5-4-6-8-10/h4-9,11-12,15H,3,14H2,1-2H3. The molecule has 0 aliphatic carbocycles. The van der Waals surface area contributed by atoms with Crippen molar-refractivity contribution in [3.63, 3.8) is 0 Å². The van der Waals surface area contributed by atoms with Crippen LogP contribution in [-0.4, -0.2) is 30.1 Å². The third-order valence-electron chi connectivity index (χ3n) is 2.45.